The Kier molecular flexibility index (Phi) is 9.68. The molecule has 3 rings (SSSR count). The highest BCUT2D eigenvalue weighted by atomic mass is 28.3. The van der Waals surface area contributed by atoms with Crippen molar-refractivity contribution < 1.29 is 8.78 Å². The van der Waals surface area contributed by atoms with Crippen LogP contribution in [-0.4, -0.2) is 8.80 Å². The fourth-order valence-corrected chi connectivity index (χ4v) is 9.53. The molecule has 0 spiro atoms. The first-order valence-electron chi connectivity index (χ1n) is 12.6. The molecule has 1 aliphatic heterocycles. The van der Waals surface area contributed by atoms with Gasteiger partial charge in [0.1, 0.15) is 0 Å². The van der Waals surface area contributed by atoms with Crippen molar-refractivity contribution in [1.29, 1.82) is 0 Å². The molecule has 3 heteroatoms. The maximum Gasteiger partial charge on any atom is 0.159 e. The highest BCUT2D eigenvalue weighted by Gasteiger charge is 2.24. The lowest BCUT2D eigenvalue weighted by molar-refractivity contribution is 0.296. The summed E-state index contributed by atoms with van der Waals surface area (Å²) in [5.74, 6) is 0.905. The van der Waals surface area contributed by atoms with Gasteiger partial charge in [-0.25, -0.2) is 8.78 Å². The lowest BCUT2D eigenvalue weighted by atomic mass is 9.77. The Morgan fingerprint density at radius 1 is 0.793 bits per heavy atom. The minimum Gasteiger partial charge on any atom is -0.204 e. The van der Waals surface area contributed by atoms with Crippen LogP contribution < -0.4 is 0 Å². The minimum absolute atomic E-state index is 0.343. The molecular formula is C26H42F2Si. The van der Waals surface area contributed by atoms with E-state index in [1.54, 1.807) is 37.0 Å². The van der Waals surface area contributed by atoms with Crippen LogP contribution in [0.2, 0.25) is 18.1 Å². The predicted molar refractivity (Wildman–Crippen MR) is 123 cm³/mol. The summed E-state index contributed by atoms with van der Waals surface area (Å²) in [5.41, 5.74) is 0.996. The van der Waals surface area contributed by atoms with Gasteiger partial charge in [0.05, 0.1) is 0 Å². The Bertz CT molecular complexity index is 586. The van der Waals surface area contributed by atoms with Crippen LogP contribution in [0.15, 0.2) is 18.2 Å². The van der Waals surface area contributed by atoms with Gasteiger partial charge in [0, 0.05) is 8.80 Å². The first-order chi connectivity index (χ1) is 14.2. The molecule has 1 saturated heterocycles. The standard InChI is InChI=1S/C26H42F2Si/c1-2-3-6-17-29-18-15-22(16-19-29)8-5-4-7-21-9-11-23(12-10-21)24-13-14-25(27)26(28)20-24/h13-14,20-23,29H,2-12,15-19H2,1H3/t21-,22?,23-,29?. The Morgan fingerprint density at radius 2 is 1.45 bits per heavy atom. The number of unbranched alkanes of at least 4 members (excludes halogenated alkanes) is 3. The summed E-state index contributed by atoms with van der Waals surface area (Å²) < 4.78 is 26.6. The molecule has 1 aromatic carbocycles. The summed E-state index contributed by atoms with van der Waals surface area (Å²) in [7, 11) is -0.343. The summed E-state index contributed by atoms with van der Waals surface area (Å²) in [6.07, 6.45) is 17.9. The van der Waals surface area contributed by atoms with E-state index in [-0.39, 0.29) is 8.80 Å². The average Bonchev–Trinajstić information content (AvgIpc) is 2.75. The molecule has 0 atom stereocenters. The zero-order valence-electron chi connectivity index (χ0n) is 18.6. The molecule has 1 saturated carbocycles. The van der Waals surface area contributed by atoms with Crippen molar-refractivity contribution in [2.75, 3.05) is 0 Å². The normalized spacial score (nSPS) is 27.8. The number of halogens is 2. The monoisotopic (exact) mass is 420 g/mol. The first kappa shape index (κ1) is 23.0. The highest BCUT2D eigenvalue weighted by molar-refractivity contribution is 6.58. The van der Waals surface area contributed by atoms with Gasteiger partial charge in [-0.2, -0.15) is 0 Å². The second kappa shape index (κ2) is 12.2. The molecule has 0 bridgehead atoms. The third-order valence-electron chi connectivity index (χ3n) is 7.92. The lowest BCUT2D eigenvalue weighted by Crippen LogP contribution is -2.21. The molecule has 0 amide bonds. The van der Waals surface area contributed by atoms with Crippen LogP contribution in [0.25, 0.3) is 0 Å². The maximum atomic E-state index is 13.5. The van der Waals surface area contributed by atoms with E-state index >= 15 is 0 Å². The zero-order chi connectivity index (χ0) is 20.5. The summed E-state index contributed by atoms with van der Waals surface area (Å²) in [4.78, 5) is 0. The van der Waals surface area contributed by atoms with Crippen molar-refractivity contribution >= 4 is 8.80 Å². The first-order valence-corrected chi connectivity index (χ1v) is 15.1. The second-order valence-corrected chi connectivity index (χ2v) is 13.5. The van der Waals surface area contributed by atoms with E-state index in [1.807, 2.05) is 0 Å². The van der Waals surface area contributed by atoms with Crippen LogP contribution in [0.1, 0.15) is 102 Å². The van der Waals surface area contributed by atoms with Crippen molar-refractivity contribution in [2.45, 2.75) is 114 Å². The van der Waals surface area contributed by atoms with Gasteiger partial charge in [0.25, 0.3) is 0 Å². The minimum atomic E-state index is -0.727. The SMILES string of the molecule is CCCCC[SiH]1CCC(CCCC[C@H]2CC[C@H](c3ccc(F)c(F)c3)CC2)CC1. The fourth-order valence-electron chi connectivity index (χ4n) is 5.91. The molecule has 0 N–H and O–H groups in total. The Hall–Kier alpha value is -0.703. The summed E-state index contributed by atoms with van der Waals surface area (Å²) in [6.45, 7) is 2.32. The molecule has 164 valence electrons. The molecule has 0 unspecified atom stereocenters. The van der Waals surface area contributed by atoms with Gasteiger partial charge in [-0.15, -0.1) is 0 Å². The van der Waals surface area contributed by atoms with Gasteiger partial charge in [-0.3, -0.25) is 0 Å². The predicted octanol–water partition coefficient (Wildman–Crippen LogP) is 8.63. The van der Waals surface area contributed by atoms with Crippen LogP contribution in [0.3, 0.4) is 0 Å². The number of rotatable bonds is 10. The van der Waals surface area contributed by atoms with Crippen LogP contribution in [-0.2, 0) is 0 Å². The third-order valence-corrected chi connectivity index (χ3v) is 11.4. The van der Waals surface area contributed by atoms with E-state index in [0.29, 0.717) is 5.92 Å². The molecule has 0 aromatic heterocycles. The molecule has 0 nitrogen and oxygen atoms in total. The third kappa shape index (κ3) is 7.49. The molecule has 1 aromatic rings. The smallest absolute Gasteiger partial charge is 0.159 e. The van der Waals surface area contributed by atoms with E-state index < -0.39 is 11.6 Å². The van der Waals surface area contributed by atoms with Gasteiger partial charge >= 0.3 is 0 Å². The van der Waals surface area contributed by atoms with Crippen LogP contribution in [0.5, 0.6) is 0 Å². The van der Waals surface area contributed by atoms with E-state index in [1.165, 1.54) is 69.9 Å². The number of hydrogen-bond acceptors (Lipinski definition) is 0. The summed E-state index contributed by atoms with van der Waals surface area (Å²) in [5, 5.41) is 0. The van der Waals surface area contributed by atoms with Crippen LogP contribution >= 0.6 is 0 Å². The van der Waals surface area contributed by atoms with Crippen molar-refractivity contribution in [3.05, 3.63) is 35.4 Å². The van der Waals surface area contributed by atoms with Gasteiger partial charge < -0.3 is 0 Å². The van der Waals surface area contributed by atoms with Gasteiger partial charge in [0.15, 0.2) is 11.6 Å². The topological polar surface area (TPSA) is 0 Å². The molecule has 1 aliphatic carbocycles. The molecule has 2 aliphatic rings. The molecule has 29 heavy (non-hydrogen) atoms. The van der Waals surface area contributed by atoms with Crippen molar-refractivity contribution in [3.8, 4) is 0 Å². The molecule has 0 radical (unpaired) electrons. The Balaban J connectivity index is 1.25. The van der Waals surface area contributed by atoms with E-state index in [9.17, 15) is 8.78 Å². The highest BCUT2D eigenvalue weighted by Crippen LogP contribution is 2.38. The van der Waals surface area contributed by atoms with Gasteiger partial charge in [-0.1, -0.05) is 88.9 Å². The summed E-state index contributed by atoms with van der Waals surface area (Å²) >= 11 is 0. The molecular weight excluding hydrogens is 378 g/mol. The largest absolute Gasteiger partial charge is 0.204 e. The molecule has 1 heterocycles. The van der Waals surface area contributed by atoms with Crippen LogP contribution in [0.4, 0.5) is 8.78 Å². The van der Waals surface area contributed by atoms with Crippen LogP contribution in [0, 0.1) is 23.5 Å². The Morgan fingerprint density at radius 3 is 2.07 bits per heavy atom. The molecule has 2 fully saturated rings. The number of benzene rings is 1. The second-order valence-electron chi connectivity index (χ2n) is 10.1. The maximum absolute atomic E-state index is 13.5. The van der Waals surface area contributed by atoms with Gasteiger partial charge in [0.2, 0.25) is 0 Å². The van der Waals surface area contributed by atoms with Crippen molar-refractivity contribution in [3.63, 3.8) is 0 Å². The quantitative estimate of drug-likeness (QED) is 0.262. The fraction of sp³-hybridized carbons (Fsp3) is 0.769. The van der Waals surface area contributed by atoms with Gasteiger partial charge in [-0.05, 0) is 61.1 Å². The van der Waals surface area contributed by atoms with E-state index in [4.69, 9.17) is 0 Å². The zero-order valence-corrected chi connectivity index (χ0v) is 19.8. The summed E-state index contributed by atoms with van der Waals surface area (Å²) in [6, 6.07) is 9.36. The Labute approximate surface area is 179 Å². The van der Waals surface area contributed by atoms with E-state index in [0.717, 1.165) is 30.2 Å². The number of hydrogen-bond donors (Lipinski definition) is 0. The van der Waals surface area contributed by atoms with E-state index in [2.05, 4.69) is 6.92 Å². The van der Waals surface area contributed by atoms with Crippen molar-refractivity contribution in [2.24, 2.45) is 11.8 Å². The average molecular weight is 421 g/mol. The van der Waals surface area contributed by atoms with Crippen molar-refractivity contribution in [1.82, 2.24) is 0 Å². The lowest BCUT2D eigenvalue weighted by Gasteiger charge is -2.29.